The van der Waals surface area contributed by atoms with E-state index in [-0.39, 0.29) is 0 Å². The number of unbranched alkanes of at least 4 members (excludes halogenated alkanes) is 1. The highest BCUT2D eigenvalue weighted by Crippen LogP contribution is 2.31. The maximum atomic E-state index is 8.43. The maximum absolute atomic E-state index is 8.43. The summed E-state index contributed by atoms with van der Waals surface area (Å²) in [5, 5.41) is 12.3. The Labute approximate surface area is 101 Å². The number of nitrogens with zero attached hydrogens (tertiary/aromatic N) is 1. The van der Waals surface area contributed by atoms with Crippen molar-refractivity contribution in [3.05, 3.63) is 22.7 Å². The van der Waals surface area contributed by atoms with Crippen LogP contribution < -0.4 is 10.1 Å². The zero-order chi connectivity index (χ0) is 12.0. The van der Waals surface area contributed by atoms with Crippen LogP contribution in [0.25, 0.3) is 0 Å². The first kappa shape index (κ1) is 12.7. The summed E-state index contributed by atoms with van der Waals surface area (Å²) in [6, 6.07) is 5.80. The van der Waals surface area contributed by atoms with Gasteiger partial charge in [0.05, 0.1) is 18.9 Å². The first-order valence-corrected chi connectivity index (χ1v) is 5.51. The van der Waals surface area contributed by atoms with Crippen LogP contribution in [0.4, 0.5) is 5.69 Å². The van der Waals surface area contributed by atoms with E-state index in [1.807, 2.05) is 19.1 Å². The lowest BCUT2D eigenvalue weighted by molar-refractivity contribution is 0.413. The number of methoxy groups -OCH3 is 1. The molecule has 4 heteroatoms. The third-order valence-electron chi connectivity index (χ3n) is 2.22. The average molecular weight is 239 g/mol. The Morgan fingerprint density at radius 1 is 1.50 bits per heavy atom. The Balaban J connectivity index is 2.74. The van der Waals surface area contributed by atoms with E-state index in [9.17, 15) is 0 Å². The topological polar surface area (TPSA) is 45.0 Å². The van der Waals surface area contributed by atoms with Crippen LogP contribution in [-0.2, 0) is 0 Å². The minimum absolute atomic E-state index is 0.550. The normalized spacial score (nSPS) is 9.62. The van der Waals surface area contributed by atoms with Crippen LogP contribution in [0.3, 0.4) is 0 Å². The third-order valence-corrected chi connectivity index (χ3v) is 2.44. The second-order valence-corrected chi connectivity index (χ2v) is 3.93. The smallest absolute Gasteiger partial charge is 0.144 e. The molecule has 0 atom stereocenters. The molecule has 0 amide bonds. The highest BCUT2D eigenvalue weighted by atomic mass is 35.5. The molecule has 0 heterocycles. The van der Waals surface area contributed by atoms with E-state index < -0.39 is 0 Å². The molecule has 0 unspecified atom stereocenters. The Morgan fingerprint density at radius 2 is 2.25 bits per heavy atom. The molecule has 0 saturated heterocycles. The van der Waals surface area contributed by atoms with Gasteiger partial charge in [0.25, 0.3) is 0 Å². The molecular weight excluding hydrogens is 224 g/mol. The standard InChI is InChI=1S/C12H15ClN2O/c1-9-7-10(13)8-11(12(9)16-2)15-6-4-3-5-14/h7-8,15H,3-4,6H2,1-2H3. The van der Waals surface area contributed by atoms with Gasteiger partial charge in [-0.15, -0.1) is 0 Å². The Morgan fingerprint density at radius 3 is 2.88 bits per heavy atom. The fourth-order valence-corrected chi connectivity index (χ4v) is 1.80. The minimum atomic E-state index is 0.550. The Hall–Kier alpha value is -1.40. The predicted octanol–water partition coefficient (Wildman–Crippen LogP) is 3.37. The van der Waals surface area contributed by atoms with Gasteiger partial charge in [-0.05, 0) is 31.0 Å². The molecule has 0 fully saturated rings. The van der Waals surface area contributed by atoms with Crippen molar-refractivity contribution < 1.29 is 4.74 Å². The molecule has 0 aliphatic heterocycles. The van der Waals surface area contributed by atoms with Gasteiger partial charge >= 0.3 is 0 Å². The average Bonchev–Trinajstić information content (AvgIpc) is 2.24. The van der Waals surface area contributed by atoms with E-state index >= 15 is 0 Å². The molecule has 0 aliphatic rings. The molecular formula is C12H15ClN2O. The number of benzene rings is 1. The van der Waals surface area contributed by atoms with Crippen LogP contribution in [0.1, 0.15) is 18.4 Å². The number of rotatable bonds is 5. The highest BCUT2D eigenvalue weighted by Gasteiger charge is 2.07. The summed E-state index contributed by atoms with van der Waals surface area (Å²) in [6.45, 7) is 2.69. The van der Waals surface area contributed by atoms with Crippen LogP contribution in [0.5, 0.6) is 5.75 Å². The van der Waals surface area contributed by atoms with E-state index in [1.165, 1.54) is 0 Å². The summed E-state index contributed by atoms with van der Waals surface area (Å²) in [6.07, 6.45) is 1.36. The number of anilines is 1. The molecule has 1 aromatic rings. The van der Waals surface area contributed by atoms with Crippen molar-refractivity contribution in [3.63, 3.8) is 0 Å². The third kappa shape index (κ3) is 3.32. The van der Waals surface area contributed by atoms with Gasteiger partial charge in [-0.2, -0.15) is 5.26 Å². The molecule has 0 aliphatic carbocycles. The number of nitriles is 1. The molecule has 16 heavy (non-hydrogen) atoms. The van der Waals surface area contributed by atoms with Crippen molar-refractivity contribution in [2.45, 2.75) is 19.8 Å². The fraction of sp³-hybridized carbons (Fsp3) is 0.417. The van der Waals surface area contributed by atoms with Crippen molar-refractivity contribution in [3.8, 4) is 11.8 Å². The Kier molecular flexibility index (Phi) is 4.94. The molecule has 0 radical (unpaired) electrons. The van der Waals surface area contributed by atoms with Gasteiger partial charge in [0.2, 0.25) is 0 Å². The number of hydrogen-bond acceptors (Lipinski definition) is 3. The van der Waals surface area contributed by atoms with Crippen molar-refractivity contribution in [1.29, 1.82) is 5.26 Å². The highest BCUT2D eigenvalue weighted by molar-refractivity contribution is 6.31. The molecule has 1 rings (SSSR count). The van der Waals surface area contributed by atoms with E-state index in [4.69, 9.17) is 21.6 Å². The summed E-state index contributed by atoms with van der Waals surface area (Å²) in [4.78, 5) is 0. The van der Waals surface area contributed by atoms with Crippen LogP contribution >= 0.6 is 11.6 Å². The van der Waals surface area contributed by atoms with E-state index in [2.05, 4.69) is 11.4 Å². The van der Waals surface area contributed by atoms with E-state index in [1.54, 1.807) is 7.11 Å². The number of halogens is 1. The van der Waals surface area contributed by atoms with Crippen LogP contribution in [0.2, 0.25) is 5.02 Å². The number of ether oxygens (including phenoxy) is 1. The van der Waals surface area contributed by atoms with E-state index in [0.717, 1.165) is 30.0 Å². The first-order chi connectivity index (χ1) is 7.69. The van der Waals surface area contributed by atoms with Crippen LogP contribution in [0.15, 0.2) is 12.1 Å². The minimum Gasteiger partial charge on any atom is -0.494 e. The predicted molar refractivity (Wildman–Crippen MR) is 66.1 cm³/mol. The summed E-state index contributed by atoms with van der Waals surface area (Å²) >= 11 is 5.97. The number of aryl methyl sites for hydroxylation is 1. The summed E-state index contributed by atoms with van der Waals surface area (Å²) in [7, 11) is 1.64. The van der Waals surface area contributed by atoms with Gasteiger partial charge in [0, 0.05) is 18.0 Å². The SMILES string of the molecule is COc1c(C)cc(Cl)cc1NCCCC#N. The van der Waals surface area contributed by atoms with Crippen molar-refractivity contribution in [2.75, 3.05) is 19.0 Å². The maximum Gasteiger partial charge on any atom is 0.144 e. The fourth-order valence-electron chi connectivity index (χ4n) is 1.52. The molecule has 0 aromatic heterocycles. The first-order valence-electron chi connectivity index (χ1n) is 5.14. The van der Waals surface area contributed by atoms with Gasteiger partial charge < -0.3 is 10.1 Å². The lowest BCUT2D eigenvalue weighted by Gasteiger charge is -2.13. The Bertz CT molecular complexity index is 399. The van der Waals surface area contributed by atoms with Crippen molar-refractivity contribution in [2.24, 2.45) is 0 Å². The molecule has 1 aromatic carbocycles. The lowest BCUT2D eigenvalue weighted by atomic mass is 10.2. The zero-order valence-corrected chi connectivity index (χ0v) is 10.3. The number of hydrogen-bond donors (Lipinski definition) is 1. The van der Waals surface area contributed by atoms with Gasteiger partial charge in [0.15, 0.2) is 0 Å². The van der Waals surface area contributed by atoms with Gasteiger partial charge in [0.1, 0.15) is 5.75 Å². The molecule has 0 spiro atoms. The summed E-state index contributed by atoms with van der Waals surface area (Å²) in [5.41, 5.74) is 1.88. The van der Waals surface area contributed by atoms with Crippen LogP contribution in [0, 0.1) is 18.3 Å². The molecule has 0 saturated carbocycles. The van der Waals surface area contributed by atoms with Crippen LogP contribution in [-0.4, -0.2) is 13.7 Å². The number of nitrogens with one attached hydrogen (secondary N) is 1. The largest absolute Gasteiger partial charge is 0.494 e. The lowest BCUT2D eigenvalue weighted by Crippen LogP contribution is -2.03. The van der Waals surface area contributed by atoms with Gasteiger partial charge in [-0.3, -0.25) is 0 Å². The van der Waals surface area contributed by atoms with Gasteiger partial charge in [-0.1, -0.05) is 11.6 Å². The van der Waals surface area contributed by atoms with Gasteiger partial charge in [-0.25, -0.2) is 0 Å². The summed E-state index contributed by atoms with van der Waals surface area (Å²) in [5.74, 6) is 0.807. The summed E-state index contributed by atoms with van der Waals surface area (Å²) < 4.78 is 5.30. The molecule has 3 nitrogen and oxygen atoms in total. The molecule has 1 N–H and O–H groups in total. The second kappa shape index (κ2) is 6.24. The van der Waals surface area contributed by atoms with Crippen molar-refractivity contribution in [1.82, 2.24) is 0 Å². The molecule has 86 valence electrons. The quantitative estimate of drug-likeness (QED) is 0.800. The second-order valence-electron chi connectivity index (χ2n) is 3.49. The monoisotopic (exact) mass is 238 g/mol. The van der Waals surface area contributed by atoms with Crippen molar-refractivity contribution >= 4 is 17.3 Å². The zero-order valence-electron chi connectivity index (χ0n) is 9.51. The van der Waals surface area contributed by atoms with E-state index in [0.29, 0.717) is 11.4 Å². The molecule has 0 bridgehead atoms.